The predicted molar refractivity (Wildman–Crippen MR) is 88.4 cm³/mol. The van der Waals surface area contributed by atoms with E-state index >= 15 is 0 Å². The van der Waals surface area contributed by atoms with Crippen molar-refractivity contribution in [2.75, 3.05) is 0 Å². The first-order valence-corrected chi connectivity index (χ1v) is 8.42. The number of halogens is 2. The van der Waals surface area contributed by atoms with E-state index in [1.165, 1.54) is 24.5 Å². The summed E-state index contributed by atoms with van der Waals surface area (Å²) in [6.07, 6.45) is 1.12. The van der Waals surface area contributed by atoms with Gasteiger partial charge in [-0.1, -0.05) is 41.1 Å². The topological polar surface area (TPSA) is 0 Å². The molecular formula is C14H14BrIS. The van der Waals surface area contributed by atoms with Gasteiger partial charge in [-0.05, 0) is 59.2 Å². The number of alkyl halides is 1. The van der Waals surface area contributed by atoms with Crippen LogP contribution in [0.25, 0.3) is 0 Å². The normalized spacial score (nSPS) is 12.7. The molecule has 0 radical (unpaired) electrons. The third-order valence-corrected chi connectivity index (χ3v) is 6.83. The van der Waals surface area contributed by atoms with Gasteiger partial charge in [-0.2, -0.15) is 0 Å². The molecule has 3 heteroatoms. The molecule has 2 rings (SSSR count). The lowest BCUT2D eigenvalue weighted by atomic mass is 10.1. The second-order valence-corrected chi connectivity index (χ2v) is 7.19. The number of aryl methyl sites for hydroxylation is 2. The van der Waals surface area contributed by atoms with E-state index in [-0.39, 0.29) is 0 Å². The predicted octanol–water partition coefficient (Wildman–Crippen LogP) is 5.71. The van der Waals surface area contributed by atoms with Crippen molar-refractivity contribution in [3.63, 3.8) is 0 Å². The van der Waals surface area contributed by atoms with E-state index < -0.39 is 0 Å². The van der Waals surface area contributed by atoms with Crippen molar-refractivity contribution in [1.29, 1.82) is 0 Å². The minimum absolute atomic E-state index is 0.319. The van der Waals surface area contributed by atoms with Gasteiger partial charge in [0.05, 0.1) is 4.83 Å². The van der Waals surface area contributed by atoms with Gasteiger partial charge in [0.25, 0.3) is 0 Å². The lowest BCUT2D eigenvalue weighted by Crippen LogP contribution is -1.95. The summed E-state index contributed by atoms with van der Waals surface area (Å²) in [4.78, 5) is 3.16. The van der Waals surface area contributed by atoms with E-state index in [0.717, 1.165) is 6.42 Å². The third kappa shape index (κ3) is 2.93. The molecule has 2 aromatic rings. The Kier molecular flexibility index (Phi) is 4.66. The van der Waals surface area contributed by atoms with Crippen molar-refractivity contribution in [3.05, 3.63) is 54.8 Å². The largest absolute Gasteiger partial charge is 0.144 e. The Bertz CT molecular complexity index is 519. The van der Waals surface area contributed by atoms with Gasteiger partial charge >= 0.3 is 0 Å². The van der Waals surface area contributed by atoms with Crippen LogP contribution in [-0.2, 0) is 6.42 Å². The first-order chi connectivity index (χ1) is 8.13. The van der Waals surface area contributed by atoms with Crippen LogP contribution in [-0.4, -0.2) is 0 Å². The van der Waals surface area contributed by atoms with E-state index in [2.05, 4.69) is 82.7 Å². The van der Waals surface area contributed by atoms with Crippen molar-refractivity contribution in [2.24, 2.45) is 0 Å². The van der Waals surface area contributed by atoms with Crippen LogP contribution in [0.4, 0.5) is 0 Å². The summed E-state index contributed by atoms with van der Waals surface area (Å²) in [7, 11) is 0. The van der Waals surface area contributed by atoms with E-state index in [4.69, 9.17) is 0 Å². The number of hydrogen-bond acceptors (Lipinski definition) is 1. The van der Waals surface area contributed by atoms with Gasteiger partial charge in [-0.3, -0.25) is 0 Å². The summed E-state index contributed by atoms with van der Waals surface area (Å²) in [5.41, 5.74) is 2.72. The molecule has 0 saturated carbocycles. The molecule has 0 aliphatic rings. The zero-order valence-electron chi connectivity index (χ0n) is 9.84. The fourth-order valence-corrected chi connectivity index (χ4v) is 4.60. The molecule has 0 bridgehead atoms. The van der Waals surface area contributed by atoms with Crippen molar-refractivity contribution in [3.8, 4) is 0 Å². The average molecular weight is 421 g/mol. The Morgan fingerprint density at radius 1 is 1.29 bits per heavy atom. The summed E-state index contributed by atoms with van der Waals surface area (Å²) in [6, 6.07) is 11.0. The van der Waals surface area contributed by atoms with Crippen LogP contribution in [0.5, 0.6) is 0 Å². The molecule has 0 fully saturated rings. The van der Waals surface area contributed by atoms with E-state index in [0.29, 0.717) is 4.83 Å². The zero-order valence-corrected chi connectivity index (χ0v) is 14.4. The van der Waals surface area contributed by atoms with Crippen molar-refractivity contribution in [1.82, 2.24) is 0 Å². The molecule has 0 N–H and O–H groups in total. The number of benzene rings is 1. The maximum Gasteiger partial charge on any atom is 0.0748 e. The molecular weight excluding hydrogens is 407 g/mol. The quantitative estimate of drug-likeness (QED) is 0.440. The summed E-state index contributed by atoms with van der Waals surface area (Å²) in [6.45, 7) is 4.37. The molecule has 0 amide bonds. The highest BCUT2D eigenvalue weighted by Crippen LogP contribution is 2.38. The second kappa shape index (κ2) is 5.85. The first-order valence-electron chi connectivity index (χ1n) is 5.61. The van der Waals surface area contributed by atoms with Gasteiger partial charge in [-0.25, -0.2) is 0 Å². The molecule has 1 heterocycles. The Balaban J connectivity index is 2.36. The highest BCUT2D eigenvalue weighted by molar-refractivity contribution is 14.1. The van der Waals surface area contributed by atoms with Crippen LogP contribution < -0.4 is 0 Å². The lowest BCUT2D eigenvalue weighted by molar-refractivity contribution is 1.18. The smallest absolute Gasteiger partial charge is 0.0748 e. The summed E-state index contributed by atoms with van der Waals surface area (Å²) in [5, 5.41) is 0. The monoisotopic (exact) mass is 420 g/mol. The maximum atomic E-state index is 3.83. The summed E-state index contributed by atoms with van der Waals surface area (Å²) < 4.78 is 1.36. The fraction of sp³-hybridized carbons (Fsp3) is 0.286. The maximum absolute atomic E-state index is 3.83. The van der Waals surface area contributed by atoms with Gasteiger partial charge < -0.3 is 0 Å². The number of rotatable bonds is 3. The Hall–Kier alpha value is 0.130. The molecule has 1 aromatic carbocycles. The van der Waals surface area contributed by atoms with Gasteiger partial charge in [0.15, 0.2) is 0 Å². The third-order valence-electron chi connectivity index (χ3n) is 2.78. The number of hydrogen-bond donors (Lipinski definition) is 0. The lowest BCUT2D eigenvalue weighted by Gasteiger charge is -2.12. The van der Waals surface area contributed by atoms with Gasteiger partial charge in [0, 0.05) is 13.3 Å². The Morgan fingerprint density at radius 2 is 2.06 bits per heavy atom. The van der Waals surface area contributed by atoms with Crippen molar-refractivity contribution in [2.45, 2.75) is 25.1 Å². The van der Waals surface area contributed by atoms with Crippen LogP contribution in [0.3, 0.4) is 0 Å². The molecule has 0 spiro atoms. The summed E-state index contributed by atoms with van der Waals surface area (Å²) in [5.74, 6) is 0. The minimum atomic E-state index is 0.319. The zero-order chi connectivity index (χ0) is 12.4. The van der Waals surface area contributed by atoms with Gasteiger partial charge in [0.2, 0.25) is 0 Å². The second-order valence-electron chi connectivity index (χ2n) is 4.00. The molecule has 1 unspecified atom stereocenters. The van der Waals surface area contributed by atoms with E-state index in [1.54, 1.807) is 0 Å². The minimum Gasteiger partial charge on any atom is -0.144 e. The van der Waals surface area contributed by atoms with E-state index in [1.807, 2.05) is 11.3 Å². The molecule has 17 heavy (non-hydrogen) atoms. The Morgan fingerprint density at radius 3 is 2.71 bits per heavy atom. The van der Waals surface area contributed by atoms with Crippen LogP contribution in [0.2, 0.25) is 0 Å². The molecule has 0 aliphatic carbocycles. The van der Waals surface area contributed by atoms with E-state index in [9.17, 15) is 0 Å². The molecule has 0 saturated heterocycles. The first kappa shape index (κ1) is 13.6. The highest BCUT2D eigenvalue weighted by atomic mass is 127. The van der Waals surface area contributed by atoms with Crippen molar-refractivity contribution >= 4 is 49.9 Å². The molecule has 1 aromatic heterocycles. The van der Waals surface area contributed by atoms with Crippen LogP contribution >= 0.6 is 49.9 Å². The molecule has 0 aliphatic heterocycles. The van der Waals surface area contributed by atoms with Crippen LogP contribution in [0, 0.1) is 10.5 Å². The Labute approximate surface area is 129 Å². The highest BCUT2D eigenvalue weighted by Gasteiger charge is 2.16. The standard InChI is InChI=1S/C14H14BrIS/c1-3-10-7-8-12(17-10)13(15)11-6-4-5-9(2)14(11)16/h4-8,13H,3H2,1-2H3. The van der Waals surface area contributed by atoms with Crippen molar-refractivity contribution < 1.29 is 0 Å². The summed E-state index contributed by atoms with van der Waals surface area (Å²) >= 11 is 8.17. The average Bonchev–Trinajstić information content (AvgIpc) is 2.80. The SMILES string of the molecule is CCc1ccc(C(Br)c2cccc(C)c2I)s1. The molecule has 90 valence electrons. The fourth-order valence-electron chi connectivity index (χ4n) is 1.74. The van der Waals surface area contributed by atoms with Crippen LogP contribution in [0.15, 0.2) is 30.3 Å². The van der Waals surface area contributed by atoms with Gasteiger partial charge in [-0.15, -0.1) is 11.3 Å². The molecule has 0 nitrogen and oxygen atoms in total. The van der Waals surface area contributed by atoms with Gasteiger partial charge in [0.1, 0.15) is 0 Å². The molecule has 1 atom stereocenters. The van der Waals surface area contributed by atoms with Crippen LogP contribution in [0.1, 0.15) is 32.6 Å². The number of thiophene rings is 1.